The fourth-order valence-electron chi connectivity index (χ4n) is 7.94. The second-order valence-electron chi connectivity index (χ2n) is 16.4. The Morgan fingerprint density at radius 2 is 1.51 bits per heavy atom. The SMILES string of the molecule is CCC[C@H]1OC(=O)[C@H](C)[C@@H](OC2CC(C)(OC)C(O)C(C)O2)C[C@@H](OC2OC(C)CC(N(C)C)C2O)[C@](C)(O)C[C@@H](C)C(=O)[C@H](C)[C@@H](O)[C@]1(C)O. The lowest BCUT2D eigenvalue weighted by atomic mass is 9.76. The quantitative estimate of drug-likeness (QED) is 0.227. The summed E-state index contributed by atoms with van der Waals surface area (Å²) < 4.78 is 36.8. The van der Waals surface area contributed by atoms with Crippen molar-refractivity contribution < 1.29 is 63.5 Å². The second kappa shape index (κ2) is 17.4. The van der Waals surface area contributed by atoms with Gasteiger partial charge in [0.05, 0.1) is 47.6 Å². The van der Waals surface area contributed by atoms with Crippen LogP contribution in [0.2, 0.25) is 0 Å². The third-order valence-corrected chi connectivity index (χ3v) is 11.6. The molecule has 5 N–H and O–H groups in total. The van der Waals surface area contributed by atoms with Crippen molar-refractivity contribution in [2.75, 3.05) is 21.2 Å². The van der Waals surface area contributed by atoms with Crippen molar-refractivity contribution in [3.63, 3.8) is 0 Å². The van der Waals surface area contributed by atoms with Gasteiger partial charge in [-0.3, -0.25) is 9.59 Å². The van der Waals surface area contributed by atoms with E-state index in [1.54, 1.807) is 27.7 Å². The maximum atomic E-state index is 14.0. The van der Waals surface area contributed by atoms with Crippen molar-refractivity contribution in [3.8, 4) is 0 Å². The largest absolute Gasteiger partial charge is 0.459 e. The van der Waals surface area contributed by atoms with Crippen molar-refractivity contribution >= 4 is 11.8 Å². The van der Waals surface area contributed by atoms with Crippen molar-refractivity contribution in [2.45, 2.75) is 185 Å². The van der Waals surface area contributed by atoms with E-state index in [0.29, 0.717) is 12.8 Å². The molecule has 51 heavy (non-hydrogen) atoms. The molecule has 3 heterocycles. The fraction of sp³-hybridized carbons (Fsp3) is 0.946. The zero-order valence-corrected chi connectivity index (χ0v) is 32.8. The van der Waals surface area contributed by atoms with Gasteiger partial charge in [-0.1, -0.05) is 27.2 Å². The van der Waals surface area contributed by atoms with E-state index in [4.69, 9.17) is 28.4 Å². The highest BCUT2D eigenvalue weighted by molar-refractivity contribution is 5.83. The highest BCUT2D eigenvalue weighted by atomic mass is 16.7. The number of rotatable bonds is 8. The molecule has 0 radical (unpaired) electrons. The number of ether oxygens (including phenoxy) is 6. The van der Waals surface area contributed by atoms with E-state index in [1.807, 2.05) is 32.8 Å². The molecule has 0 saturated carbocycles. The van der Waals surface area contributed by atoms with Crippen LogP contribution in [0, 0.1) is 17.8 Å². The normalized spacial score (nSPS) is 48.3. The molecule has 0 aromatic carbocycles. The predicted molar refractivity (Wildman–Crippen MR) is 186 cm³/mol. The molecule has 3 saturated heterocycles. The molecular formula is C37H67NO13. The van der Waals surface area contributed by atoms with Crippen LogP contribution in [0.15, 0.2) is 0 Å². The molecule has 0 bridgehead atoms. The highest BCUT2D eigenvalue weighted by Crippen LogP contribution is 2.39. The van der Waals surface area contributed by atoms with Crippen molar-refractivity contribution in [3.05, 3.63) is 0 Å². The molecule has 14 heteroatoms. The summed E-state index contributed by atoms with van der Waals surface area (Å²) in [6.45, 7) is 14.8. The van der Waals surface area contributed by atoms with Crippen molar-refractivity contribution in [2.24, 2.45) is 17.8 Å². The van der Waals surface area contributed by atoms with Gasteiger partial charge in [0.1, 0.15) is 29.7 Å². The van der Waals surface area contributed by atoms with Crippen LogP contribution in [0.25, 0.3) is 0 Å². The minimum atomic E-state index is -1.98. The summed E-state index contributed by atoms with van der Waals surface area (Å²) >= 11 is 0. The second-order valence-corrected chi connectivity index (χ2v) is 16.4. The van der Waals surface area contributed by atoms with Gasteiger partial charge in [-0.2, -0.15) is 0 Å². The number of hydrogen-bond acceptors (Lipinski definition) is 14. The molecule has 3 aliphatic rings. The standard InChI is InChI=1S/C37H67NO13/c1-13-14-26-37(9,45)31(41)22(5)29(39)19(2)17-35(7,44)27(51-34-30(40)24(38(10)11)15-20(3)47-34)16-25(21(4)33(43)50-26)49-28-18-36(8,46-12)32(42)23(6)48-28/h19-28,30-32,34,40-42,44-45H,13-18H2,1-12H3/t19-,20?,21-,22+,23?,24?,25+,26-,27-,28?,30?,31-,32?,34?,35-,36?,37-/m1/s1. The Balaban J connectivity index is 2.14. The van der Waals surface area contributed by atoms with Gasteiger partial charge in [0.25, 0.3) is 0 Å². The number of aliphatic hydroxyl groups excluding tert-OH is 3. The topological polar surface area (TPSA) is 194 Å². The van der Waals surface area contributed by atoms with Gasteiger partial charge in [-0.05, 0) is 74.9 Å². The number of likely N-dealkylation sites (N-methyl/N-ethyl adjacent to an activating group) is 1. The number of esters is 1. The number of methoxy groups -OCH3 is 1. The first kappa shape index (κ1) is 44.1. The van der Waals surface area contributed by atoms with E-state index in [0.717, 1.165) is 0 Å². The zero-order chi connectivity index (χ0) is 38.8. The highest BCUT2D eigenvalue weighted by Gasteiger charge is 2.51. The molecule has 3 aliphatic heterocycles. The van der Waals surface area contributed by atoms with Gasteiger partial charge in [-0.15, -0.1) is 0 Å². The molecule has 298 valence electrons. The average Bonchev–Trinajstić information content (AvgIpc) is 3.05. The summed E-state index contributed by atoms with van der Waals surface area (Å²) in [6.07, 6.45) is -9.07. The van der Waals surface area contributed by atoms with E-state index in [2.05, 4.69) is 0 Å². The molecule has 3 fully saturated rings. The van der Waals surface area contributed by atoms with E-state index in [-0.39, 0.29) is 37.8 Å². The van der Waals surface area contributed by atoms with Crippen LogP contribution in [0.5, 0.6) is 0 Å². The Hall–Kier alpha value is -1.30. The molecule has 3 rings (SSSR count). The first-order chi connectivity index (χ1) is 23.5. The summed E-state index contributed by atoms with van der Waals surface area (Å²) in [5.74, 6) is -4.07. The smallest absolute Gasteiger partial charge is 0.311 e. The summed E-state index contributed by atoms with van der Waals surface area (Å²) in [4.78, 5) is 29.7. The van der Waals surface area contributed by atoms with Crippen LogP contribution < -0.4 is 0 Å². The Morgan fingerprint density at radius 3 is 2.08 bits per heavy atom. The van der Waals surface area contributed by atoms with Gasteiger partial charge in [-0.25, -0.2) is 0 Å². The van der Waals surface area contributed by atoms with E-state index in [1.165, 1.54) is 27.9 Å². The van der Waals surface area contributed by atoms with Crippen LogP contribution in [0.4, 0.5) is 0 Å². The van der Waals surface area contributed by atoms with E-state index < -0.39 is 102 Å². The monoisotopic (exact) mass is 733 g/mol. The lowest BCUT2D eigenvalue weighted by Gasteiger charge is -2.47. The number of nitrogens with zero attached hydrogens (tertiary/aromatic N) is 1. The third kappa shape index (κ3) is 10.1. The summed E-state index contributed by atoms with van der Waals surface area (Å²) in [5.41, 5.74) is -4.79. The molecule has 0 aromatic rings. The van der Waals surface area contributed by atoms with Crippen molar-refractivity contribution in [1.82, 2.24) is 4.90 Å². The Kier molecular flexibility index (Phi) is 15.1. The van der Waals surface area contributed by atoms with Crippen LogP contribution in [-0.2, 0) is 38.0 Å². The van der Waals surface area contributed by atoms with Gasteiger partial charge in [0.2, 0.25) is 0 Å². The minimum absolute atomic E-state index is 0.102. The number of ketones is 1. The molecule has 0 amide bonds. The third-order valence-electron chi connectivity index (χ3n) is 11.6. The Bertz CT molecular complexity index is 1150. The minimum Gasteiger partial charge on any atom is -0.459 e. The number of aliphatic hydroxyl groups is 5. The zero-order valence-electron chi connectivity index (χ0n) is 32.8. The summed E-state index contributed by atoms with van der Waals surface area (Å²) in [7, 11) is 5.18. The lowest BCUT2D eigenvalue weighted by molar-refractivity contribution is -0.308. The number of Topliss-reactive ketones (excluding diaryl/α,β-unsaturated/α-hetero) is 1. The van der Waals surface area contributed by atoms with Crippen LogP contribution in [0.3, 0.4) is 0 Å². The van der Waals surface area contributed by atoms with Gasteiger partial charge >= 0.3 is 5.97 Å². The molecule has 14 nitrogen and oxygen atoms in total. The maximum absolute atomic E-state index is 14.0. The molecule has 17 atom stereocenters. The van der Waals surface area contributed by atoms with Gasteiger partial charge in [0.15, 0.2) is 12.6 Å². The number of carbonyl (C=O) groups is 2. The molecular weight excluding hydrogens is 666 g/mol. The first-order valence-corrected chi connectivity index (χ1v) is 18.6. The molecule has 0 spiro atoms. The number of cyclic esters (lactones) is 1. The Morgan fingerprint density at radius 1 is 0.882 bits per heavy atom. The molecule has 0 aliphatic carbocycles. The summed E-state index contributed by atoms with van der Waals surface area (Å²) in [6, 6.07) is -0.315. The predicted octanol–water partition coefficient (Wildman–Crippen LogP) is 1.93. The fourth-order valence-corrected chi connectivity index (χ4v) is 7.94. The van der Waals surface area contributed by atoms with Crippen LogP contribution >= 0.6 is 0 Å². The number of hydrogen-bond donors (Lipinski definition) is 5. The summed E-state index contributed by atoms with van der Waals surface area (Å²) in [5, 5.41) is 57.5. The number of carbonyl (C=O) groups excluding carboxylic acids is 2. The van der Waals surface area contributed by atoms with E-state index in [9.17, 15) is 35.1 Å². The van der Waals surface area contributed by atoms with E-state index >= 15 is 0 Å². The van der Waals surface area contributed by atoms with Crippen LogP contribution in [-0.4, -0.2) is 148 Å². The Labute approximate surface area is 304 Å². The maximum Gasteiger partial charge on any atom is 0.311 e. The van der Waals surface area contributed by atoms with Crippen molar-refractivity contribution in [1.29, 1.82) is 0 Å². The molecule has 8 unspecified atom stereocenters. The van der Waals surface area contributed by atoms with Gasteiger partial charge in [0, 0.05) is 37.8 Å². The molecule has 0 aromatic heterocycles. The first-order valence-electron chi connectivity index (χ1n) is 18.6. The lowest BCUT2D eigenvalue weighted by Crippen LogP contribution is -2.59. The van der Waals surface area contributed by atoms with Gasteiger partial charge < -0.3 is 58.9 Å². The average molecular weight is 734 g/mol. The van der Waals surface area contributed by atoms with Crippen LogP contribution in [0.1, 0.15) is 101 Å².